The molecule has 4 aromatic carbocycles. The van der Waals surface area contributed by atoms with Crippen LogP contribution in [0.15, 0.2) is 95.7 Å². The van der Waals surface area contributed by atoms with Gasteiger partial charge in [-0.05, 0) is 136 Å². The van der Waals surface area contributed by atoms with Crippen LogP contribution in [-0.2, 0) is 0 Å². The maximum atomic E-state index is 17.8. The van der Waals surface area contributed by atoms with Crippen LogP contribution in [0.4, 0.5) is 8.78 Å². The summed E-state index contributed by atoms with van der Waals surface area (Å²) in [7, 11) is -4.28. The van der Waals surface area contributed by atoms with Crippen LogP contribution in [0.25, 0.3) is 84.4 Å². The van der Waals surface area contributed by atoms with E-state index in [1.54, 1.807) is 22.7 Å². The molecule has 5 aromatic heterocycles. The SMILES string of the molecule is CCCCCCCCOc1ccc(-c2nc3c(-c4cccs4)c(F)c(F)c(-c4ccc(-c5cc6c(C#C[Si](C(C)C)(C(C)C)C(C)C)c7sccc7c(C#C[Si](C(C)C)(C(C)C)C(C)C)c6s5)s4)c3nc2-c2ccc(OCCCCCCCC)cc2)cc1. The molecule has 0 fully saturated rings. The second kappa shape index (κ2) is 30.1. The zero-order chi connectivity index (χ0) is 62.9. The van der Waals surface area contributed by atoms with Gasteiger partial charge in [0.25, 0.3) is 0 Å². The fourth-order valence-electron chi connectivity index (χ4n) is 13.9. The lowest BCUT2D eigenvalue weighted by molar-refractivity contribution is 0.304. The Hall–Kier alpha value is -5.45. The Labute approximate surface area is 543 Å². The summed E-state index contributed by atoms with van der Waals surface area (Å²) in [6.45, 7) is 34.2. The number of thiophene rings is 4. The third-order valence-electron chi connectivity index (χ3n) is 18.6. The molecule has 0 saturated heterocycles. The zero-order valence-corrected chi connectivity index (χ0v) is 60.0. The Bertz CT molecular complexity index is 3780. The first-order valence-electron chi connectivity index (χ1n) is 32.7. The van der Waals surface area contributed by atoms with Gasteiger partial charge in [-0.1, -0.05) is 179 Å². The number of ether oxygens (including phenoxy) is 2. The maximum Gasteiger partial charge on any atom is 0.170 e. The third-order valence-corrected chi connectivity index (χ3v) is 35.4. The molecule has 9 aromatic rings. The molecule has 0 N–H and O–H groups in total. The van der Waals surface area contributed by atoms with E-state index in [1.807, 2.05) is 72.1 Å². The molecule has 88 heavy (non-hydrogen) atoms. The lowest BCUT2D eigenvalue weighted by Crippen LogP contribution is -2.43. The number of benzene rings is 4. The first-order valence-corrected chi connectivity index (χ1v) is 40.6. The van der Waals surface area contributed by atoms with E-state index in [0.717, 1.165) is 84.7 Å². The van der Waals surface area contributed by atoms with E-state index in [0.29, 0.717) is 78.6 Å². The third kappa shape index (κ3) is 14.0. The van der Waals surface area contributed by atoms with Crippen molar-refractivity contribution in [3.05, 3.63) is 118 Å². The first-order chi connectivity index (χ1) is 42.4. The highest BCUT2D eigenvalue weighted by atomic mass is 32.1. The highest BCUT2D eigenvalue weighted by Gasteiger charge is 2.43. The molecular weight excluding hydrogens is 1200 g/mol. The summed E-state index contributed by atoms with van der Waals surface area (Å²) < 4.78 is 50.1. The molecule has 9 rings (SSSR count). The molecule has 0 atom stereocenters. The van der Waals surface area contributed by atoms with E-state index in [-0.39, 0.29) is 11.1 Å². The summed E-state index contributed by atoms with van der Waals surface area (Å²) in [5, 5.41) is 6.36. The van der Waals surface area contributed by atoms with Gasteiger partial charge in [0.15, 0.2) is 11.6 Å². The van der Waals surface area contributed by atoms with Crippen LogP contribution >= 0.6 is 45.3 Å². The van der Waals surface area contributed by atoms with Crippen molar-refractivity contribution in [1.29, 1.82) is 0 Å². The lowest BCUT2D eigenvalue weighted by atomic mass is 9.99. The Morgan fingerprint density at radius 3 is 1.34 bits per heavy atom. The van der Waals surface area contributed by atoms with Gasteiger partial charge >= 0.3 is 0 Å². The van der Waals surface area contributed by atoms with Crippen molar-refractivity contribution in [2.45, 2.75) is 207 Å². The van der Waals surface area contributed by atoms with Gasteiger partial charge in [-0.3, -0.25) is 0 Å². The summed E-state index contributed by atoms with van der Waals surface area (Å²) >= 11 is 6.31. The van der Waals surface area contributed by atoms with Gasteiger partial charge in [-0.2, -0.15) is 0 Å². The Morgan fingerprint density at radius 1 is 0.443 bits per heavy atom. The summed E-state index contributed by atoms with van der Waals surface area (Å²) in [4.78, 5) is 14.0. The molecule has 0 unspecified atom stereocenters. The monoisotopic (exact) mass is 1290 g/mol. The molecule has 0 aliphatic heterocycles. The number of hydrogen-bond donors (Lipinski definition) is 0. The van der Waals surface area contributed by atoms with Crippen molar-refractivity contribution in [3.63, 3.8) is 0 Å². The van der Waals surface area contributed by atoms with Crippen LogP contribution < -0.4 is 9.47 Å². The Kier molecular flexibility index (Phi) is 22.9. The minimum atomic E-state index is -2.14. The normalized spacial score (nSPS) is 12.2. The van der Waals surface area contributed by atoms with Crippen molar-refractivity contribution >= 4 is 92.7 Å². The van der Waals surface area contributed by atoms with Crippen LogP contribution in [-0.4, -0.2) is 39.3 Å². The summed E-state index contributed by atoms with van der Waals surface area (Å²) in [5.41, 5.74) is 16.7. The first kappa shape index (κ1) is 67.0. The van der Waals surface area contributed by atoms with Gasteiger partial charge in [0.2, 0.25) is 0 Å². The molecule has 0 saturated carbocycles. The van der Waals surface area contributed by atoms with E-state index in [1.165, 1.54) is 78.7 Å². The van der Waals surface area contributed by atoms with Crippen molar-refractivity contribution < 1.29 is 18.3 Å². The second-order valence-corrected chi connectivity index (χ2v) is 41.1. The molecular formula is C76H92F2N2O2S4Si2. The topological polar surface area (TPSA) is 44.2 Å². The molecule has 4 nitrogen and oxygen atoms in total. The van der Waals surface area contributed by atoms with Gasteiger partial charge < -0.3 is 9.47 Å². The minimum Gasteiger partial charge on any atom is -0.494 e. The van der Waals surface area contributed by atoms with E-state index < -0.39 is 27.8 Å². The lowest BCUT2D eigenvalue weighted by Gasteiger charge is -2.38. The number of unbranched alkanes of at least 4 members (excludes halogenated alkanes) is 10. The van der Waals surface area contributed by atoms with Crippen LogP contribution in [0, 0.1) is 34.6 Å². The molecule has 0 aliphatic rings. The summed E-state index contributed by atoms with van der Waals surface area (Å²) in [6, 6.07) is 28.2. The summed E-state index contributed by atoms with van der Waals surface area (Å²) in [5.74, 6) is 7.55. The molecule has 0 aliphatic carbocycles. The van der Waals surface area contributed by atoms with Gasteiger partial charge in [0.05, 0.1) is 56.3 Å². The maximum absolute atomic E-state index is 17.8. The number of nitrogens with zero attached hydrogens (tertiary/aromatic N) is 2. The predicted octanol–water partition coefficient (Wildman–Crippen LogP) is 25.4. The zero-order valence-electron chi connectivity index (χ0n) is 54.7. The number of rotatable bonds is 27. The molecule has 0 amide bonds. The minimum absolute atomic E-state index is 0.0936. The van der Waals surface area contributed by atoms with Gasteiger partial charge in [-0.15, -0.1) is 56.4 Å². The molecule has 0 bridgehead atoms. The van der Waals surface area contributed by atoms with Crippen molar-refractivity contribution in [2.24, 2.45) is 0 Å². The van der Waals surface area contributed by atoms with Gasteiger partial charge in [-0.25, -0.2) is 18.7 Å². The predicted molar refractivity (Wildman–Crippen MR) is 387 cm³/mol. The van der Waals surface area contributed by atoms with E-state index in [4.69, 9.17) is 19.4 Å². The van der Waals surface area contributed by atoms with Gasteiger partial charge in [0.1, 0.15) is 38.7 Å². The second-order valence-electron chi connectivity index (χ2n) is 26.0. The Balaban J connectivity index is 1.22. The molecule has 464 valence electrons. The van der Waals surface area contributed by atoms with Crippen molar-refractivity contribution in [1.82, 2.24) is 9.97 Å². The van der Waals surface area contributed by atoms with Crippen molar-refractivity contribution in [3.8, 4) is 87.6 Å². The number of hydrogen-bond acceptors (Lipinski definition) is 8. The number of halogens is 2. The average molecular weight is 1290 g/mol. The van der Waals surface area contributed by atoms with Crippen LogP contribution in [0.1, 0.15) is 185 Å². The average Bonchev–Trinajstić information content (AvgIpc) is 1.35. The van der Waals surface area contributed by atoms with Crippen LogP contribution in [0.5, 0.6) is 11.5 Å². The van der Waals surface area contributed by atoms with E-state index in [9.17, 15) is 0 Å². The van der Waals surface area contributed by atoms with Crippen LogP contribution in [0.2, 0.25) is 33.2 Å². The fourth-order valence-corrected chi connectivity index (χ4v) is 28.3. The van der Waals surface area contributed by atoms with Gasteiger partial charge in [0, 0.05) is 41.4 Å². The highest BCUT2D eigenvalue weighted by Crippen LogP contribution is 2.50. The van der Waals surface area contributed by atoms with E-state index >= 15 is 8.78 Å². The molecule has 12 heteroatoms. The largest absolute Gasteiger partial charge is 0.494 e. The highest BCUT2D eigenvalue weighted by molar-refractivity contribution is 7.27. The molecule has 0 radical (unpaired) electrons. The van der Waals surface area contributed by atoms with Crippen molar-refractivity contribution in [2.75, 3.05) is 13.2 Å². The quantitative estimate of drug-likeness (QED) is 0.0292. The molecule has 0 spiro atoms. The smallest absolute Gasteiger partial charge is 0.170 e. The Morgan fingerprint density at radius 2 is 0.886 bits per heavy atom. The number of aromatic nitrogens is 2. The standard InChI is InChI=1S/C76H92F2N2O2S4Si2/c1-15-17-19-21-23-25-42-81-57-33-29-55(30-34-57)71-72(56-31-35-58(36-32-56)82-43-26-24-22-20-18-16-2)80-74-68(70(78)69(77)67(73(74)79-71)64-28-27-44-83-64)65-38-37-63(85-65)66-48-62-61(41-47-88(52(9)10,53(11)12)54(13)14)75-59(39-45-84-75)60(76(62)86-66)40-46-87(49(3)4,50(5)6)51(7)8/h27-39,44-45,48-54H,15-26,42-43H2,1-14H3. The molecule has 5 heterocycles. The fraction of sp³-hybridized carbons (Fsp3) is 0.447. The number of fused-ring (bicyclic) bond motifs is 3. The van der Waals surface area contributed by atoms with Crippen LogP contribution in [0.3, 0.4) is 0 Å². The van der Waals surface area contributed by atoms with E-state index in [2.05, 4.69) is 143 Å². The summed E-state index contributed by atoms with van der Waals surface area (Å²) in [6.07, 6.45) is 14.2.